The number of aldehydes is 1. The highest BCUT2D eigenvalue weighted by atomic mass is 19.3. The molecule has 0 aromatic carbocycles. The van der Waals surface area contributed by atoms with Crippen molar-refractivity contribution in [2.75, 3.05) is 0 Å². The maximum absolute atomic E-state index is 13.2. The van der Waals surface area contributed by atoms with Crippen LogP contribution in [0.4, 0.5) is 8.78 Å². The van der Waals surface area contributed by atoms with Gasteiger partial charge < -0.3 is 9.90 Å². The van der Waals surface area contributed by atoms with E-state index in [2.05, 4.69) is 6.92 Å². The molecule has 0 saturated heterocycles. The SMILES string of the molecule is C[C@]12CC[C@H]3[C@@H](CC[C@@H]4C[C@@](O)(C(F)F)CC[C@@H]43)[C@@H]1CC[C@@H]2C=O. The lowest BCUT2D eigenvalue weighted by atomic mass is 9.49. The monoisotopic (exact) mass is 340 g/mol. The third kappa shape index (κ3) is 2.31. The first-order valence-electron chi connectivity index (χ1n) is 9.85. The van der Waals surface area contributed by atoms with Crippen LogP contribution < -0.4 is 0 Å². The molecule has 0 radical (unpaired) electrons. The van der Waals surface area contributed by atoms with Gasteiger partial charge in [0.2, 0.25) is 0 Å². The lowest BCUT2D eigenvalue weighted by molar-refractivity contribution is -0.159. The van der Waals surface area contributed by atoms with E-state index >= 15 is 0 Å². The number of rotatable bonds is 2. The third-order valence-electron chi connectivity index (χ3n) is 8.69. The van der Waals surface area contributed by atoms with Crippen LogP contribution in [0.15, 0.2) is 0 Å². The number of carbonyl (C=O) groups is 1. The van der Waals surface area contributed by atoms with Gasteiger partial charge in [-0.1, -0.05) is 6.92 Å². The maximum Gasteiger partial charge on any atom is 0.266 e. The average Bonchev–Trinajstić information content (AvgIpc) is 2.90. The Bertz CT molecular complexity index is 510. The fraction of sp³-hybridized carbons (Fsp3) is 0.950. The van der Waals surface area contributed by atoms with Crippen LogP contribution in [0.25, 0.3) is 0 Å². The van der Waals surface area contributed by atoms with Crippen LogP contribution in [0.1, 0.15) is 64.7 Å². The third-order valence-corrected chi connectivity index (χ3v) is 8.69. The Labute approximate surface area is 143 Å². The molecule has 24 heavy (non-hydrogen) atoms. The van der Waals surface area contributed by atoms with Crippen LogP contribution >= 0.6 is 0 Å². The highest BCUT2D eigenvalue weighted by Crippen LogP contribution is 2.64. The molecule has 1 N–H and O–H groups in total. The van der Waals surface area contributed by atoms with Gasteiger partial charge in [0.1, 0.15) is 11.9 Å². The quantitative estimate of drug-likeness (QED) is 0.754. The Morgan fingerprint density at radius 3 is 2.46 bits per heavy atom. The summed E-state index contributed by atoms with van der Waals surface area (Å²) in [6, 6.07) is 0. The molecule has 0 amide bonds. The molecule has 4 aliphatic carbocycles. The van der Waals surface area contributed by atoms with Gasteiger partial charge in [0.05, 0.1) is 0 Å². The number of hydrogen-bond donors (Lipinski definition) is 1. The molecular formula is C20H30F2O2. The highest BCUT2D eigenvalue weighted by Gasteiger charge is 2.58. The first kappa shape index (κ1) is 16.9. The summed E-state index contributed by atoms with van der Waals surface area (Å²) in [5.74, 6) is 2.95. The summed E-state index contributed by atoms with van der Waals surface area (Å²) in [6.45, 7) is 2.32. The highest BCUT2D eigenvalue weighted by molar-refractivity contribution is 5.56. The largest absolute Gasteiger partial charge is 0.384 e. The summed E-state index contributed by atoms with van der Waals surface area (Å²) >= 11 is 0. The van der Waals surface area contributed by atoms with E-state index in [0.29, 0.717) is 23.7 Å². The normalized spacial score (nSPS) is 54.0. The predicted molar refractivity (Wildman–Crippen MR) is 87.6 cm³/mol. The zero-order valence-corrected chi connectivity index (χ0v) is 14.6. The summed E-state index contributed by atoms with van der Waals surface area (Å²) in [4.78, 5) is 11.5. The minimum Gasteiger partial charge on any atom is -0.384 e. The number of hydrogen-bond acceptors (Lipinski definition) is 2. The minimum atomic E-state index is -2.62. The Morgan fingerprint density at radius 1 is 1.00 bits per heavy atom. The Kier molecular flexibility index (Phi) is 4.06. The van der Waals surface area contributed by atoms with Crippen molar-refractivity contribution < 1.29 is 18.7 Å². The van der Waals surface area contributed by atoms with Crippen LogP contribution in [0, 0.1) is 40.9 Å². The molecule has 0 aliphatic heterocycles. The van der Waals surface area contributed by atoms with Gasteiger partial charge in [0.15, 0.2) is 0 Å². The van der Waals surface area contributed by atoms with Crippen LogP contribution in [0.3, 0.4) is 0 Å². The van der Waals surface area contributed by atoms with Gasteiger partial charge in [-0.25, -0.2) is 8.78 Å². The fourth-order valence-corrected chi connectivity index (χ4v) is 7.37. The van der Waals surface area contributed by atoms with Crippen molar-refractivity contribution in [1.82, 2.24) is 0 Å². The van der Waals surface area contributed by atoms with E-state index in [9.17, 15) is 18.7 Å². The van der Waals surface area contributed by atoms with Crippen LogP contribution in [-0.2, 0) is 4.79 Å². The van der Waals surface area contributed by atoms with E-state index in [1.807, 2.05) is 0 Å². The van der Waals surface area contributed by atoms with E-state index in [4.69, 9.17) is 0 Å². The van der Waals surface area contributed by atoms with Gasteiger partial charge in [-0.15, -0.1) is 0 Å². The molecule has 0 heterocycles. The molecule has 4 aliphatic rings. The molecule has 4 heteroatoms. The van der Waals surface area contributed by atoms with Crippen molar-refractivity contribution in [3.8, 4) is 0 Å². The van der Waals surface area contributed by atoms with Crippen molar-refractivity contribution >= 4 is 6.29 Å². The fourth-order valence-electron chi connectivity index (χ4n) is 7.37. The summed E-state index contributed by atoms with van der Waals surface area (Å²) in [5, 5.41) is 10.3. The van der Waals surface area contributed by atoms with Gasteiger partial charge in [-0.05, 0) is 92.8 Å². The second kappa shape index (κ2) is 5.75. The van der Waals surface area contributed by atoms with Crippen molar-refractivity contribution in [2.24, 2.45) is 40.9 Å². The zero-order valence-electron chi connectivity index (χ0n) is 14.6. The Balaban J connectivity index is 1.53. The van der Waals surface area contributed by atoms with Gasteiger partial charge in [-0.2, -0.15) is 0 Å². The van der Waals surface area contributed by atoms with Crippen molar-refractivity contribution in [3.63, 3.8) is 0 Å². The smallest absolute Gasteiger partial charge is 0.266 e. The molecule has 4 saturated carbocycles. The lowest BCUT2D eigenvalue weighted by Gasteiger charge is -2.56. The molecule has 4 rings (SSSR count). The summed E-state index contributed by atoms with van der Waals surface area (Å²) < 4.78 is 26.4. The van der Waals surface area contributed by atoms with Gasteiger partial charge in [-0.3, -0.25) is 0 Å². The second-order valence-corrected chi connectivity index (χ2v) is 9.45. The van der Waals surface area contributed by atoms with E-state index in [1.165, 1.54) is 12.7 Å². The Hall–Kier alpha value is -0.510. The Morgan fingerprint density at radius 2 is 1.75 bits per heavy atom. The lowest BCUT2D eigenvalue weighted by Crippen LogP contribution is -2.52. The molecule has 0 bridgehead atoms. The van der Waals surface area contributed by atoms with E-state index in [1.54, 1.807) is 0 Å². The van der Waals surface area contributed by atoms with Crippen molar-refractivity contribution in [1.29, 1.82) is 0 Å². The first-order valence-corrected chi connectivity index (χ1v) is 9.85. The van der Waals surface area contributed by atoms with Gasteiger partial charge in [0.25, 0.3) is 6.43 Å². The average molecular weight is 340 g/mol. The second-order valence-electron chi connectivity index (χ2n) is 9.45. The summed E-state index contributed by atoms with van der Waals surface area (Å²) in [6.07, 6.45) is 6.44. The summed E-state index contributed by atoms with van der Waals surface area (Å²) in [7, 11) is 0. The molecule has 0 aromatic rings. The molecule has 8 atom stereocenters. The van der Waals surface area contributed by atoms with Crippen molar-refractivity contribution in [2.45, 2.75) is 76.7 Å². The molecule has 0 spiro atoms. The van der Waals surface area contributed by atoms with E-state index in [-0.39, 0.29) is 30.1 Å². The number of fused-ring (bicyclic) bond motifs is 5. The number of halogens is 2. The predicted octanol–water partition coefficient (Wildman–Crippen LogP) is 4.45. The molecule has 4 fully saturated rings. The van der Waals surface area contributed by atoms with Gasteiger partial charge >= 0.3 is 0 Å². The van der Waals surface area contributed by atoms with Crippen molar-refractivity contribution in [3.05, 3.63) is 0 Å². The molecule has 0 aromatic heterocycles. The van der Waals surface area contributed by atoms with Crippen LogP contribution in [0.2, 0.25) is 0 Å². The van der Waals surface area contributed by atoms with Crippen LogP contribution in [0.5, 0.6) is 0 Å². The van der Waals surface area contributed by atoms with Crippen LogP contribution in [-0.4, -0.2) is 23.4 Å². The maximum atomic E-state index is 13.2. The standard InChI is InChI=1S/C20H30F2O2/c1-19-8-6-15-14-7-9-20(24,18(21)22)10-12(14)2-4-16(15)17(19)5-3-13(19)11-23/h11-18,24H,2-10H2,1H3/t12-,13-,14+,15-,16-,17+,19-,20-/m1/s1. The molecule has 0 unspecified atom stereocenters. The van der Waals surface area contributed by atoms with Gasteiger partial charge in [0, 0.05) is 5.92 Å². The topological polar surface area (TPSA) is 37.3 Å². The molecule has 136 valence electrons. The summed E-state index contributed by atoms with van der Waals surface area (Å²) in [5.41, 5.74) is -1.57. The number of alkyl halides is 2. The number of carbonyl (C=O) groups excluding carboxylic acids is 1. The molecule has 2 nitrogen and oxygen atoms in total. The molecular weight excluding hydrogens is 310 g/mol. The number of aliphatic hydroxyl groups is 1. The van der Waals surface area contributed by atoms with E-state index in [0.717, 1.165) is 38.5 Å². The zero-order chi connectivity index (χ0) is 17.1. The minimum absolute atomic E-state index is 0.175. The first-order chi connectivity index (χ1) is 11.4. The van der Waals surface area contributed by atoms with E-state index < -0.39 is 12.0 Å².